The zero-order valence-electron chi connectivity index (χ0n) is 15.2. The van der Waals surface area contributed by atoms with Gasteiger partial charge in [-0.1, -0.05) is 12.1 Å². The molecular weight excluding hydrogens is 441 g/mol. The summed E-state index contributed by atoms with van der Waals surface area (Å²) in [6.45, 7) is 5.44. The number of fused-ring (bicyclic) bond motifs is 1. The fourth-order valence-corrected chi connectivity index (χ4v) is 2.78. The summed E-state index contributed by atoms with van der Waals surface area (Å²) in [5.41, 5.74) is 9.41. The van der Waals surface area contributed by atoms with Crippen LogP contribution in [0.5, 0.6) is 11.5 Å². The molecule has 3 N–H and O–H groups in total. The molecule has 6 heteroatoms. The molecule has 1 aliphatic heterocycles. The molecule has 0 fully saturated rings. The van der Waals surface area contributed by atoms with Gasteiger partial charge in [0.2, 0.25) is 0 Å². The highest BCUT2D eigenvalue weighted by Crippen LogP contribution is 2.26. The molecule has 0 unspecified atom stereocenters. The van der Waals surface area contributed by atoms with Gasteiger partial charge in [0.1, 0.15) is 11.5 Å². The number of benzene rings is 2. The average molecular weight is 467 g/mol. The molecule has 0 bridgehead atoms. The summed E-state index contributed by atoms with van der Waals surface area (Å²) >= 11 is 0. The van der Waals surface area contributed by atoms with Gasteiger partial charge < -0.3 is 20.5 Å². The van der Waals surface area contributed by atoms with Crippen LogP contribution in [0.4, 0.5) is 5.69 Å². The number of nitrogens with two attached hydrogens (primary N) is 1. The zero-order valence-corrected chi connectivity index (χ0v) is 17.5. The van der Waals surface area contributed by atoms with Gasteiger partial charge in [-0.25, -0.2) is 0 Å². The number of guanidine groups is 1. The van der Waals surface area contributed by atoms with Gasteiger partial charge in [-0.3, -0.25) is 4.99 Å². The first-order chi connectivity index (χ1) is 12.1. The Labute approximate surface area is 172 Å². The van der Waals surface area contributed by atoms with E-state index in [0.717, 1.165) is 36.6 Å². The van der Waals surface area contributed by atoms with Crippen LogP contribution in [0.1, 0.15) is 25.0 Å². The number of ether oxygens (including phenoxy) is 2. The number of halogens is 1. The lowest BCUT2D eigenvalue weighted by atomic mass is 10.1. The average Bonchev–Trinajstić information content (AvgIpc) is 3.04. The summed E-state index contributed by atoms with van der Waals surface area (Å²) in [7, 11) is 0. The molecule has 0 aromatic heterocycles. The molecule has 1 heterocycles. The van der Waals surface area contributed by atoms with Crippen molar-refractivity contribution in [2.45, 2.75) is 32.8 Å². The largest absolute Gasteiger partial charge is 0.493 e. The summed E-state index contributed by atoms with van der Waals surface area (Å²) in [5.74, 6) is 2.27. The standard InChI is InChI=1S/C20H25N3O2.HI/c1-14(2)25-18-6-4-17(5-7-18)23-20(21)22-11-9-15-3-8-19-16(13-15)10-12-24-19;/h3-8,13-14H,9-12H2,1-2H3,(H3,21,22,23);1H. The molecule has 2 aromatic carbocycles. The summed E-state index contributed by atoms with van der Waals surface area (Å²) in [5, 5.41) is 3.10. The molecule has 26 heavy (non-hydrogen) atoms. The summed E-state index contributed by atoms with van der Waals surface area (Å²) in [6.07, 6.45) is 2.01. The molecule has 140 valence electrons. The molecule has 0 saturated carbocycles. The number of aliphatic imine (C=N–C) groups is 1. The Balaban J connectivity index is 0.00000243. The molecule has 0 saturated heterocycles. The summed E-state index contributed by atoms with van der Waals surface area (Å²) in [6, 6.07) is 14.0. The van der Waals surface area contributed by atoms with Gasteiger partial charge in [-0.2, -0.15) is 0 Å². The highest BCUT2D eigenvalue weighted by Gasteiger charge is 2.11. The molecule has 0 atom stereocenters. The maximum Gasteiger partial charge on any atom is 0.193 e. The van der Waals surface area contributed by atoms with Crippen molar-refractivity contribution in [3.8, 4) is 11.5 Å². The van der Waals surface area contributed by atoms with Gasteiger partial charge in [0.05, 0.1) is 12.7 Å². The van der Waals surface area contributed by atoms with Crippen LogP contribution >= 0.6 is 24.0 Å². The first-order valence-corrected chi connectivity index (χ1v) is 8.68. The van der Waals surface area contributed by atoms with Gasteiger partial charge in [-0.15, -0.1) is 24.0 Å². The second kappa shape index (κ2) is 9.66. The predicted molar refractivity (Wildman–Crippen MR) is 117 cm³/mol. The maximum absolute atomic E-state index is 5.97. The van der Waals surface area contributed by atoms with E-state index in [-0.39, 0.29) is 30.1 Å². The van der Waals surface area contributed by atoms with Crippen molar-refractivity contribution in [2.75, 3.05) is 18.5 Å². The Kier molecular flexibility index (Phi) is 7.56. The molecule has 0 radical (unpaired) electrons. The third-order valence-corrected chi connectivity index (χ3v) is 3.93. The zero-order chi connectivity index (χ0) is 17.6. The topological polar surface area (TPSA) is 68.9 Å². The normalized spacial score (nSPS) is 13.0. The molecule has 0 spiro atoms. The lowest BCUT2D eigenvalue weighted by Gasteiger charge is -2.11. The number of nitrogens with one attached hydrogen (secondary N) is 1. The van der Waals surface area contributed by atoms with Crippen LogP contribution in [0.25, 0.3) is 0 Å². The smallest absolute Gasteiger partial charge is 0.193 e. The Morgan fingerprint density at radius 3 is 2.73 bits per heavy atom. The molecular formula is C20H26IN3O2. The number of hydrogen-bond donors (Lipinski definition) is 2. The van der Waals surface area contributed by atoms with Gasteiger partial charge in [-0.05, 0) is 61.7 Å². The van der Waals surface area contributed by atoms with E-state index in [0.29, 0.717) is 12.5 Å². The van der Waals surface area contributed by atoms with Crippen LogP contribution in [0.2, 0.25) is 0 Å². The highest BCUT2D eigenvalue weighted by atomic mass is 127. The Morgan fingerprint density at radius 1 is 1.23 bits per heavy atom. The van der Waals surface area contributed by atoms with Gasteiger partial charge >= 0.3 is 0 Å². The third kappa shape index (κ3) is 5.79. The molecule has 2 aromatic rings. The van der Waals surface area contributed by atoms with Crippen molar-refractivity contribution in [1.29, 1.82) is 0 Å². The van der Waals surface area contributed by atoms with Crippen molar-refractivity contribution in [3.05, 3.63) is 53.6 Å². The number of rotatable bonds is 6. The molecule has 3 rings (SSSR count). The molecule has 5 nitrogen and oxygen atoms in total. The van der Waals surface area contributed by atoms with E-state index in [9.17, 15) is 0 Å². The quantitative estimate of drug-likeness (QED) is 0.383. The Morgan fingerprint density at radius 2 is 2.00 bits per heavy atom. The minimum Gasteiger partial charge on any atom is -0.493 e. The summed E-state index contributed by atoms with van der Waals surface area (Å²) in [4.78, 5) is 4.40. The van der Waals surface area contributed by atoms with Crippen molar-refractivity contribution >= 4 is 35.6 Å². The number of nitrogens with zero attached hydrogens (tertiary/aromatic N) is 1. The lowest BCUT2D eigenvalue weighted by molar-refractivity contribution is 0.242. The second-order valence-corrected chi connectivity index (χ2v) is 6.37. The third-order valence-electron chi connectivity index (χ3n) is 3.93. The minimum absolute atomic E-state index is 0. The highest BCUT2D eigenvalue weighted by molar-refractivity contribution is 14.0. The van der Waals surface area contributed by atoms with E-state index in [4.69, 9.17) is 15.2 Å². The molecule has 0 aliphatic carbocycles. The van der Waals surface area contributed by atoms with Crippen LogP contribution in [0.15, 0.2) is 47.5 Å². The van der Waals surface area contributed by atoms with Crippen LogP contribution in [0.3, 0.4) is 0 Å². The van der Waals surface area contributed by atoms with E-state index in [1.807, 2.05) is 44.2 Å². The van der Waals surface area contributed by atoms with E-state index in [2.05, 4.69) is 22.4 Å². The van der Waals surface area contributed by atoms with Crippen molar-refractivity contribution < 1.29 is 9.47 Å². The van der Waals surface area contributed by atoms with Gasteiger partial charge in [0.15, 0.2) is 5.96 Å². The molecule has 1 aliphatic rings. The van der Waals surface area contributed by atoms with E-state index in [1.54, 1.807) is 0 Å². The van der Waals surface area contributed by atoms with Gasteiger partial charge in [0.25, 0.3) is 0 Å². The maximum atomic E-state index is 5.97. The van der Waals surface area contributed by atoms with E-state index < -0.39 is 0 Å². The SMILES string of the molecule is CC(C)Oc1ccc(NC(N)=NCCc2ccc3c(c2)CCO3)cc1.I. The fourth-order valence-electron chi connectivity index (χ4n) is 2.78. The van der Waals surface area contributed by atoms with Crippen LogP contribution in [-0.4, -0.2) is 25.2 Å². The van der Waals surface area contributed by atoms with Crippen molar-refractivity contribution in [2.24, 2.45) is 10.7 Å². The first kappa shape index (κ1) is 20.4. The van der Waals surface area contributed by atoms with E-state index in [1.165, 1.54) is 11.1 Å². The number of anilines is 1. The van der Waals surface area contributed by atoms with Crippen LogP contribution in [0, 0.1) is 0 Å². The Bertz CT molecular complexity index is 745. The Hall–Kier alpha value is -1.96. The first-order valence-electron chi connectivity index (χ1n) is 8.68. The van der Waals surface area contributed by atoms with Gasteiger partial charge in [0, 0.05) is 18.7 Å². The van der Waals surface area contributed by atoms with Crippen molar-refractivity contribution in [3.63, 3.8) is 0 Å². The lowest BCUT2D eigenvalue weighted by Crippen LogP contribution is -2.23. The minimum atomic E-state index is 0. The fraction of sp³-hybridized carbons (Fsp3) is 0.350. The summed E-state index contributed by atoms with van der Waals surface area (Å²) < 4.78 is 11.1. The van der Waals surface area contributed by atoms with Crippen LogP contribution < -0.4 is 20.5 Å². The van der Waals surface area contributed by atoms with Crippen LogP contribution in [-0.2, 0) is 12.8 Å². The van der Waals surface area contributed by atoms with Crippen molar-refractivity contribution in [1.82, 2.24) is 0 Å². The second-order valence-electron chi connectivity index (χ2n) is 6.37. The monoisotopic (exact) mass is 467 g/mol. The van der Waals surface area contributed by atoms with E-state index >= 15 is 0 Å². The number of hydrogen-bond acceptors (Lipinski definition) is 3. The molecule has 0 amide bonds. The predicted octanol–water partition coefficient (Wildman–Crippen LogP) is 4.00.